The van der Waals surface area contributed by atoms with E-state index < -0.39 is 10.7 Å². The zero-order chi connectivity index (χ0) is 21.0. The monoisotopic (exact) mass is 409 g/mol. The van der Waals surface area contributed by atoms with Gasteiger partial charge in [-0.3, -0.25) is 19.7 Å². The first-order chi connectivity index (χ1) is 13.9. The number of nitro benzene ring substituents is 1. The van der Waals surface area contributed by atoms with Crippen molar-refractivity contribution in [3.05, 3.63) is 91.7 Å². The van der Waals surface area contributed by atoms with Gasteiger partial charge in [0, 0.05) is 37.8 Å². The Hall–Kier alpha value is -3.52. The van der Waals surface area contributed by atoms with Gasteiger partial charge in [-0.05, 0) is 40.6 Å². The minimum absolute atomic E-state index is 0.153. The fraction of sp³-hybridized carbons (Fsp3) is 0.143. The molecule has 0 bridgehead atoms. The van der Waals surface area contributed by atoms with Gasteiger partial charge >= 0.3 is 0 Å². The maximum Gasteiger partial charge on any atom is 0.293 e. The average Bonchev–Trinajstić information content (AvgIpc) is 3.24. The first kappa shape index (κ1) is 20.2. The van der Waals surface area contributed by atoms with E-state index in [4.69, 9.17) is 0 Å². The molecule has 0 fully saturated rings. The number of anilines is 1. The molecule has 1 amide bonds. The van der Waals surface area contributed by atoms with Gasteiger partial charge in [-0.1, -0.05) is 18.2 Å². The van der Waals surface area contributed by atoms with Crippen LogP contribution in [0.15, 0.2) is 59.3 Å². The van der Waals surface area contributed by atoms with Crippen LogP contribution in [0, 0.1) is 10.1 Å². The summed E-state index contributed by atoms with van der Waals surface area (Å²) in [5.74, 6) is -0.820. The summed E-state index contributed by atoms with van der Waals surface area (Å²) >= 11 is 1.54. The van der Waals surface area contributed by atoms with Crippen molar-refractivity contribution in [1.29, 1.82) is 0 Å². The molecule has 0 saturated heterocycles. The van der Waals surface area contributed by atoms with Crippen molar-refractivity contribution in [2.45, 2.75) is 6.54 Å². The predicted octanol–water partition coefficient (Wildman–Crippen LogP) is 3.88. The Bertz CT molecular complexity index is 1060. The van der Waals surface area contributed by atoms with Crippen molar-refractivity contribution in [2.24, 2.45) is 0 Å². The van der Waals surface area contributed by atoms with Crippen molar-refractivity contribution in [3.63, 3.8) is 0 Å². The molecule has 148 valence electrons. The van der Waals surface area contributed by atoms with Gasteiger partial charge in [-0.2, -0.15) is 11.3 Å². The lowest BCUT2D eigenvalue weighted by molar-refractivity contribution is -0.384. The van der Waals surface area contributed by atoms with Crippen LogP contribution in [0.2, 0.25) is 0 Å². The number of hydrogen-bond acceptors (Lipinski definition) is 6. The van der Waals surface area contributed by atoms with Gasteiger partial charge in [0.15, 0.2) is 5.78 Å². The van der Waals surface area contributed by atoms with Gasteiger partial charge in [0.2, 0.25) is 0 Å². The first-order valence-corrected chi connectivity index (χ1v) is 9.71. The minimum atomic E-state index is -0.522. The lowest BCUT2D eigenvalue weighted by Gasteiger charge is -2.14. The van der Waals surface area contributed by atoms with E-state index in [1.807, 2.05) is 16.8 Å². The Balaban J connectivity index is 1.91. The van der Waals surface area contributed by atoms with E-state index in [9.17, 15) is 19.7 Å². The Morgan fingerprint density at radius 2 is 1.83 bits per heavy atom. The third-order valence-corrected chi connectivity index (χ3v) is 5.10. The number of thiophene rings is 1. The fourth-order valence-corrected chi connectivity index (χ4v) is 3.56. The third-order valence-electron chi connectivity index (χ3n) is 4.37. The molecule has 0 unspecified atom stereocenters. The minimum Gasteiger partial charge on any atom is -0.372 e. The number of benzene rings is 2. The van der Waals surface area contributed by atoms with E-state index in [1.165, 1.54) is 29.5 Å². The van der Waals surface area contributed by atoms with Gasteiger partial charge in [0.05, 0.1) is 10.5 Å². The first-order valence-electron chi connectivity index (χ1n) is 8.77. The molecule has 2 aromatic carbocycles. The van der Waals surface area contributed by atoms with Gasteiger partial charge in [0.1, 0.15) is 5.69 Å². The summed E-state index contributed by atoms with van der Waals surface area (Å²) < 4.78 is 0. The summed E-state index contributed by atoms with van der Waals surface area (Å²) in [6, 6.07) is 12.7. The zero-order valence-electron chi connectivity index (χ0n) is 15.9. The quantitative estimate of drug-likeness (QED) is 0.363. The highest BCUT2D eigenvalue weighted by Crippen LogP contribution is 2.29. The number of carbonyl (C=O) groups is 2. The van der Waals surface area contributed by atoms with Gasteiger partial charge in [-0.25, -0.2) is 0 Å². The molecule has 0 spiro atoms. The van der Waals surface area contributed by atoms with Crippen LogP contribution >= 0.6 is 11.3 Å². The topological polar surface area (TPSA) is 92.6 Å². The predicted molar refractivity (Wildman–Crippen MR) is 113 cm³/mol. The van der Waals surface area contributed by atoms with Crippen molar-refractivity contribution in [1.82, 2.24) is 5.32 Å². The van der Waals surface area contributed by atoms with Crippen LogP contribution in [0.3, 0.4) is 0 Å². The molecule has 0 aliphatic heterocycles. The largest absolute Gasteiger partial charge is 0.372 e. The summed E-state index contributed by atoms with van der Waals surface area (Å²) in [7, 11) is 3.38. The van der Waals surface area contributed by atoms with Gasteiger partial charge < -0.3 is 10.2 Å². The van der Waals surface area contributed by atoms with Crippen molar-refractivity contribution in [3.8, 4) is 0 Å². The molecule has 3 rings (SSSR count). The maximum absolute atomic E-state index is 13.0. The fourth-order valence-electron chi connectivity index (χ4n) is 2.89. The van der Waals surface area contributed by atoms with E-state index in [2.05, 4.69) is 5.32 Å². The highest BCUT2D eigenvalue weighted by atomic mass is 32.1. The lowest BCUT2D eigenvalue weighted by atomic mass is 9.97. The molecule has 0 aliphatic rings. The van der Waals surface area contributed by atoms with Gasteiger partial charge in [-0.15, -0.1) is 0 Å². The van der Waals surface area contributed by atoms with Crippen molar-refractivity contribution in [2.75, 3.05) is 19.0 Å². The lowest BCUT2D eigenvalue weighted by Crippen LogP contribution is -2.25. The van der Waals surface area contributed by atoms with Crippen LogP contribution in [0.1, 0.15) is 31.8 Å². The van der Waals surface area contributed by atoms with Crippen LogP contribution in [0.4, 0.5) is 11.4 Å². The number of nitrogens with zero attached hydrogens (tertiary/aromatic N) is 2. The summed E-state index contributed by atoms with van der Waals surface area (Å²) in [5.41, 5.74) is 1.78. The molecule has 0 radical (unpaired) electrons. The Kier molecular flexibility index (Phi) is 6.04. The van der Waals surface area contributed by atoms with Crippen LogP contribution in [0.5, 0.6) is 0 Å². The van der Waals surface area contributed by atoms with Crippen LogP contribution < -0.4 is 10.2 Å². The zero-order valence-corrected chi connectivity index (χ0v) is 16.7. The summed E-state index contributed by atoms with van der Waals surface area (Å²) in [5, 5.41) is 18.1. The van der Waals surface area contributed by atoms with E-state index in [1.54, 1.807) is 43.3 Å². The van der Waals surface area contributed by atoms with Crippen molar-refractivity contribution < 1.29 is 14.5 Å². The molecule has 29 heavy (non-hydrogen) atoms. The summed E-state index contributed by atoms with van der Waals surface area (Å²) in [4.78, 5) is 38.2. The summed E-state index contributed by atoms with van der Waals surface area (Å²) in [6.45, 7) is 0.355. The molecular formula is C21H19N3O4S. The number of amides is 1. The normalized spacial score (nSPS) is 10.4. The van der Waals surface area contributed by atoms with E-state index in [0.29, 0.717) is 12.2 Å². The molecule has 3 aromatic rings. The van der Waals surface area contributed by atoms with Crippen LogP contribution in [-0.4, -0.2) is 30.7 Å². The molecule has 8 heteroatoms. The maximum atomic E-state index is 13.0. The smallest absolute Gasteiger partial charge is 0.293 e. The van der Waals surface area contributed by atoms with Crippen LogP contribution in [0.25, 0.3) is 0 Å². The average molecular weight is 409 g/mol. The van der Waals surface area contributed by atoms with E-state index in [0.717, 1.165) is 5.56 Å². The van der Waals surface area contributed by atoms with Crippen molar-refractivity contribution >= 4 is 34.4 Å². The van der Waals surface area contributed by atoms with E-state index >= 15 is 0 Å². The summed E-state index contributed by atoms with van der Waals surface area (Å²) in [6.07, 6.45) is 0. The second-order valence-electron chi connectivity index (χ2n) is 6.54. The molecule has 1 N–H and O–H groups in total. The molecule has 0 atom stereocenters. The SMILES string of the molecule is CN(C)c1ccc(C(=O)c2ccccc2C(=O)NCc2ccsc2)cc1[N+](=O)[O-]. The third kappa shape index (κ3) is 4.49. The van der Waals surface area contributed by atoms with Gasteiger partial charge in [0.25, 0.3) is 11.6 Å². The highest BCUT2D eigenvalue weighted by molar-refractivity contribution is 7.07. The molecule has 0 aliphatic carbocycles. The standard InChI is InChI=1S/C21H19N3O4S/c1-23(2)18-8-7-15(11-19(18)24(27)28)20(25)16-5-3-4-6-17(16)21(26)22-12-14-9-10-29-13-14/h3-11,13H,12H2,1-2H3,(H,22,26). The number of carbonyl (C=O) groups excluding carboxylic acids is 2. The number of nitrogens with one attached hydrogen (secondary N) is 1. The second kappa shape index (κ2) is 8.66. The molecule has 0 saturated carbocycles. The molecule has 1 aromatic heterocycles. The number of ketones is 1. The molecule has 1 heterocycles. The Labute approximate surface area is 171 Å². The Morgan fingerprint density at radius 3 is 2.45 bits per heavy atom. The van der Waals surface area contributed by atoms with Crippen LogP contribution in [-0.2, 0) is 6.54 Å². The molecule has 7 nitrogen and oxygen atoms in total. The second-order valence-corrected chi connectivity index (χ2v) is 7.32. The highest BCUT2D eigenvalue weighted by Gasteiger charge is 2.22. The number of rotatable bonds is 7. The number of nitro groups is 1. The van der Waals surface area contributed by atoms with E-state index in [-0.39, 0.29) is 28.3 Å². The Morgan fingerprint density at radius 1 is 1.10 bits per heavy atom. The number of hydrogen-bond donors (Lipinski definition) is 1. The molecular weight excluding hydrogens is 390 g/mol.